The highest BCUT2D eigenvalue weighted by Crippen LogP contribution is 2.42. The maximum absolute atomic E-state index is 6.50. The van der Waals surface area contributed by atoms with Crippen molar-refractivity contribution in [3.8, 4) is 11.3 Å². The Morgan fingerprint density at radius 2 is 1.96 bits per heavy atom. The maximum Gasteiger partial charge on any atom is 0.131 e. The van der Waals surface area contributed by atoms with E-state index in [1.807, 2.05) is 24.9 Å². The molecular formula is C23H23N5. The van der Waals surface area contributed by atoms with Gasteiger partial charge in [0.2, 0.25) is 0 Å². The molecule has 4 aromatic rings. The third kappa shape index (κ3) is 2.66. The molecule has 0 aliphatic heterocycles. The second-order valence-electron chi connectivity index (χ2n) is 7.60. The topological polar surface area (TPSA) is 69.6 Å². The fourth-order valence-corrected chi connectivity index (χ4v) is 4.51. The maximum atomic E-state index is 6.50. The zero-order valence-electron chi connectivity index (χ0n) is 16.2. The molecule has 5 heteroatoms. The first-order valence-electron chi connectivity index (χ1n) is 9.76. The number of nitrogens with two attached hydrogens (primary N) is 1. The summed E-state index contributed by atoms with van der Waals surface area (Å²) in [5.41, 5.74) is 13.4. The lowest BCUT2D eigenvalue weighted by molar-refractivity contribution is 0.614. The normalized spacial score (nSPS) is 16.3. The van der Waals surface area contributed by atoms with Crippen LogP contribution in [0.2, 0.25) is 0 Å². The molecule has 28 heavy (non-hydrogen) atoms. The van der Waals surface area contributed by atoms with Gasteiger partial charge in [0.05, 0.1) is 17.4 Å². The van der Waals surface area contributed by atoms with Crippen LogP contribution in [0, 0.1) is 6.92 Å². The van der Waals surface area contributed by atoms with Crippen LogP contribution in [-0.4, -0.2) is 19.7 Å². The van der Waals surface area contributed by atoms with Crippen molar-refractivity contribution in [1.29, 1.82) is 0 Å². The smallest absolute Gasteiger partial charge is 0.131 e. The summed E-state index contributed by atoms with van der Waals surface area (Å²) >= 11 is 0. The zero-order valence-corrected chi connectivity index (χ0v) is 16.2. The SMILES string of the molecule is Cc1nc(N)c([C@@H]2CCCc3ccccc32)c(-c2ccc3cnn(C)c3c2)n1. The average molecular weight is 369 g/mol. The van der Waals surface area contributed by atoms with E-state index in [-0.39, 0.29) is 5.92 Å². The molecule has 140 valence electrons. The van der Waals surface area contributed by atoms with Gasteiger partial charge in [-0.2, -0.15) is 5.10 Å². The minimum absolute atomic E-state index is 0.225. The Labute approximate surface area is 164 Å². The number of rotatable bonds is 2. The van der Waals surface area contributed by atoms with Crippen LogP contribution in [0.3, 0.4) is 0 Å². The molecule has 1 atom stereocenters. The molecule has 0 spiro atoms. The van der Waals surface area contributed by atoms with Crippen molar-refractivity contribution in [1.82, 2.24) is 19.7 Å². The van der Waals surface area contributed by atoms with Crippen LogP contribution in [0.5, 0.6) is 0 Å². The summed E-state index contributed by atoms with van der Waals surface area (Å²) in [7, 11) is 1.96. The summed E-state index contributed by atoms with van der Waals surface area (Å²) < 4.78 is 1.89. The predicted octanol–water partition coefficient (Wildman–Crippen LogP) is 4.39. The van der Waals surface area contributed by atoms with Gasteiger partial charge >= 0.3 is 0 Å². The summed E-state index contributed by atoms with van der Waals surface area (Å²) in [4.78, 5) is 9.38. The molecule has 0 amide bonds. The van der Waals surface area contributed by atoms with Gasteiger partial charge in [-0.25, -0.2) is 9.97 Å². The summed E-state index contributed by atoms with van der Waals surface area (Å²) in [5, 5.41) is 5.49. The lowest BCUT2D eigenvalue weighted by Gasteiger charge is -2.28. The number of aryl methyl sites for hydroxylation is 3. The number of fused-ring (bicyclic) bond motifs is 2. The molecule has 0 saturated heterocycles. The Hall–Kier alpha value is -3.21. The average Bonchev–Trinajstić information content (AvgIpc) is 3.07. The quantitative estimate of drug-likeness (QED) is 0.569. The van der Waals surface area contributed by atoms with Crippen LogP contribution in [-0.2, 0) is 13.5 Å². The lowest BCUT2D eigenvalue weighted by atomic mass is 9.78. The highest BCUT2D eigenvalue weighted by molar-refractivity contribution is 5.85. The summed E-state index contributed by atoms with van der Waals surface area (Å²) in [5.74, 6) is 1.52. The summed E-state index contributed by atoms with van der Waals surface area (Å²) in [6, 6.07) is 15.1. The molecule has 5 nitrogen and oxygen atoms in total. The van der Waals surface area contributed by atoms with Crippen molar-refractivity contribution in [2.75, 3.05) is 5.73 Å². The second-order valence-corrected chi connectivity index (χ2v) is 7.60. The van der Waals surface area contributed by atoms with Crippen molar-refractivity contribution >= 4 is 16.7 Å². The van der Waals surface area contributed by atoms with E-state index in [9.17, 15) is 0 Å². The van der Waals surface area contributed by atoms with Crippen LogP contribution in [0.1, 0.15) is 41.3 Å². The van der Waals surface area contributed by atoms with E-state index in [1.165, 1.54) is 11.1 Å². The van der Waals surface area contributed by atoms with Gasteiger partial charge in [-0.15, -0.1) is 0 Å². The number of aromatic nitrogens is 4. The van der Waals surface area contributed by atoms with Gasteiger partial charge < -0.3 is 5.73 Å². The molecule has 0 saturated carbocycles. The fraction of sp³-hybridized carbons (Fsp3) is 0.261. The molecule has 0 radical (unpaired) electrons. The molecule has 2 aromatic carbocycles. The van der Waals surface area contributed by atoms with Gasteiger partial charge in [0.15, 0.2) is 0 Å². The van der Waals surface area contributed by atoms with E-state index >= 15 is 0 Å². The molecule has 0 unspecified atom stereocenters. The Bertz CT molecular complexity index is 1190. The minimum Gasteiger partial charge on any atom is -0.383 e. The fourth-order valence-electron chi connectivity index (χ4n) is 4.51. The minimum atomic E-state index is 0.225. The van der Waals surface area contributed by atoms with Gasteiger partial charge in [0.25, 0.3) is 0 Å². The summed E-state index contributed by atoms with van der Waals surface area (Å²) in [6.07, 6.45) is 5.22. The van der Waals surface area contributed by atoms with Crippen LogP contribution >= 0.6 is 0 Å². The second kappa shape index (κ2) is 6.44. The highest BCUT2D eigenvalue weighted by Gasteiger charge is 2.27. The van der Waals surface area contributed by atoms with E-state index in [0.717, 1.165) is 47.0 Å². The van der Waals surface area contributed by atoms with Crippen LogP contribution < -0.4 is 5.73 Å². The van der Waals surface area contributed by atoms with Crippen LogP contribution in [0.4, 0.5) is 5.82 Å². The Morgan fingerprint density at radius 1 is 1.11 bits per heavy atom. The molecule has 1 aliphatic carbocycles. The number of hydrogen-bond acceptors (Lipinski definition) is 4. The zero-order chi connectivity index (χ0) is 19.3. The summed E-state index contributed by atoms with van der Waals surface area (Å²) in [6.45, 7) is 1.90. The first kappa shape index (κ1) is 16.9. The van der Waals surface area contributed by atoms with Crippen molar-refractivity contribution in [2.45, 2.75) is 32.1 Å². The lowest BCUT2D eigenvalue weighted by Crippen LogP contribution is -2.16. The number of nitrogens with zero attached hydrogens (tertiary/aromatic N) is 4. The molecule has 2 N–H and O–H groups in total. The molecule has 2 aromatic heterocycles. The largest absolute Gasteiger partial charge is 0.383 e. The van der Waals surface area contributed by atoms with Crippen molar-refractivity contribution in [3.05, 3.63) is 71.2 Å². The molecular weight excluding hydrogens is 346 g/mol. The molecule has 1 aliphatic rings. The molecule has 0 fully saturated rings. The van der Waals surface area contributed by atoms with E-state index in [1.54, 1.807) is 0 Å². The third-order valence-electron chi connectivity index (χ3n) is 5.83. The van der Waals surface area contributed by atoms with Gasteiger partial charge in [0.1, 0.15) is 11.6 Å². The van der Waals surface area contributed by atoms with E-state index in [4.69, 9.17) is 10.7 Å². The number of benzene rings is 2. The third-order valence-corrected chi connectivity index (χ3v) is 5.83. The van der Waals surface area contributed by atoms with Crippen molar-refractivity contribution < 1.29 is 0 Å². The number of anilines is 1. The van der Waals surface area contributed by atoms with Gasteiger partial charge in [-0.05, 0) is 43.4 Å². The predicted molar refractivity (Wildman–Crippen MR) is 112 cm³/mol. The highest BCUT2D eigenvalue weighted by atomic mass is 15.2. The van der Waals surface area contributed by atoms with Crippen molar-refractivity contribution in [2.24, 2.45) is 7.05 Å². The van der Waals surface area contributed by atoms with Gasteiger partial charge in [-0.3, -0.25) is 4.68 Å². The van der Waals surface area contributed by atoms with Crippen LogP contribution in [0.25, 0.3) is 22.2 Å². The number of nitrogen functional groups attached to an aromatic ring is 1. The van der Waals surface area contributed by atoms with E-state index in [0.29, 0.717) is 11.6 Å². The van der Waals surface area contributed by atoms with Crippen LogP contribution in [0.15, 0.2) is 48.7 Å². The Morgan fingerprint density at radius 3 is 2.86 bits per heavy atom. The van der Waals surface area contributed by atoms with Gasteiger partial charge in [-0.1, -0.05) is 36.4 Å². The number of hydrogen-bond donors (Lipinski definition) is 1. The molecule has 2 heterocycles. The Balaban J connectivity index is 1.74. The first-order chi connectivity index (χ1) is 13.6. The standard InChI is InChI=1S/C23H23N5/c1-14-26-22(16-10-11-17-13-25-28(2)20(17)12-16)21(23(24)27-14)19-9-5-7-15-6-3-4-8-18(15)19/h3-4,6,8,10-13,19H,5,7,9H2,1-2H3,(H2,24,26,27)/t19-/m1/s1. The molecule has 0 bridgehead atoms. The van der Waals surface area contributed by atoms with E-state index in [2.05, 4.69) is 52.5 Å². The van der Waals surface area contributed by atoms with E-state index < -0.39 is 0 Å². The monoisotopic (exact) mass is 369 g/mol. The molecule has 5 rings (SSSR count). The van der Waals surface area contributed by atoms with Crippen molar-refractivity contribution in [3.63, 3.8) is 0 Å². The van der Waals surface area contributed by atoms with Gasteiger partial charge in [0, 0.05) is 29.5 Å². The Kier molecular flexibility index (Phi) is 3.90. The first-order valence-corrected chi connectivity index (χ1v) is 9.76.